The van der Waals surface area contributed by atoms with E-state index in [2.05, 4.69) is 6.58 Å². The fourth-order valence-corrected chi connectivity index (χ4v) is 0.589. The van der Waals surface area contributed by atoms with E-state index < -0.39 is 15.1 Å². The first-order chi connectivity index (χ1) is 5.35. The predicted octanol–water partition coefficient (Wildman–Crippen LogP) is 3.71. The quantitative estimate of drug-likeness (QED) is 0.657. The van der Waals surface area contributed by atoms with Crippen molar-refractivity contribution in [3.05, 3.63) is 42.5 Å². The van der Waals surface area contributed by atoms with Gasteiger partial charge in [-0.2, -0.15) is 0 Å². The van der Waals surface area contributed by atoms with Gasteiger partial charge in [0.2, 0.25) is 0 Å². The second kappa shape index (κ2) is 8.26. The van der Waals surface area contributed by atoms with Crippen LogP contribution in [0.4, 0.5) is 0 Å². The van der Waals surface area contributed by atoms with Gasteiger partial charge in [0.05, 0.1) is 0 Å². The van der Waals surface area contributed by atoms with Gasteiger partial charge in [0, 0.05) is 0 Å². The summed E-state index contributed by atoms with van der Waals surface area (Å²) in [7, 11) is 9.90. The Morgan fingerprint density at radius 3 is 1.91 bits per heavy atom. The molecule has 0 amide bonds. The molecule has 0 N–H and O–H groups in total. The average Bonchev–Trinajstić information content (AvgIpc) is 2.08. The summed E-state index contributed by atoms with van der Waals surface area (Å²) < 4.78 is 0. The van der Waals surface area contributed by atoms with Gasteiger partial charge in [-0.05, 0) is 5.56 Å². The maximum atomic E-state index is 4.95. The molecule has 0 aliphatic heterocycles. The molecule has 0 aliphatic carbocycles. The van der Waals surface area contributed by atoms with Crippen molar-refractivity contribution in [1.29, 1.82) is 0 Å². The van der Waals surface area contributed by atoms with Gasteiger partial charge in [0.1, 0.15) is 0 Å². The fraction of sp³-hybridized carbons (Fsp3) is 0. The molecule has 0 saturated carbocycles. The van der Waals surface area contributed by atoms with Gasteiger partial charge in [0.25, 0.3) is 0 Å². The van der Waals surface area contributed by atoms with Crippen LogP contribution in [0, 0.1) is 0 Å². The Kier molecular flexibility index (Phi) is 8.38. The van der Waals surface area contributed by atoms with E-state index >= 15 is 0 Å². The number of rotatable bonds is 1. The monoisotopic (exact) mass is 238 g/mol. The van der Waals surface area contributed by atoms with Crippen LogP contribution in [0.1, 0.15) is 5.56 Å². The molecule has 0 radical (unpaired) electrons. The van der Waals surface area contributed by atoms with Crippen molar-refractivity contribution in [3.63, 3.8) is 0 Å². The van der Waals surface area contributed by atoms with Crippen LogP contribution >= 0.6 is 19.4 Å². The molecule has 0 spiro atoms. The number of benzene rings is 1. The molecule has 11 heavy (non-hydrogen) atoms. The third-order valence-corrected chi connectivity index (χ3v) is 1.04. The summed E-state index contributed by atoms with van der Waals surface area (Å²) in [6.07, 6.45) is 1.83. The van der Waals surface area contributed by atoms with Crippen molar-refractivity contribution in [3.8, 4) is 0 Å². The summed E-state index contributed by atoms with van der Waals surface area (Å²) in [5.74, 6) is 0. The molecule has 3 heteroatoms. The first-order valence-electron chi connectivity index (χ1n) is 3.14. The van der Waals surface area contributed by atoms with Crippen molar-refractivity contribution < 1.29 is 15.1 Å². The van der Waals surface area contributed by atoms with E-state index in [9.17, 15) is 0 Å². The molecular formula is C8H8Cl2Zn. The number of hydrogen-bond acceptors (Lipinski definition) is 0. The van der Waals surface area contributed by atoms with E-state index in [-0.39, 0.29) is 0 Å². The second-order valence-corrected chi connectivity index (χ2v) is 6.34. The summed E-state index contributed by atoms with van der Waals surface area (Å²) >= 11 is -0.931. The molecular weight excluding hydrogens is 232 g/mol. The molecule has 1 aromatic carbocycles. The Labute approximate surface area is 82.9 Å². The molecule has 0 heterocycles. The summed E-state index contributed by atoms with van der Waals surface area (Å²) in [6, 6.07) is 10.0. The van der Waals surface area contributed by atoms with Crippen LogP contribution in [0.5, 0.6) is 0 Å². The molecule has 1 aromatic rings. The molecule has 0 aromatic heterocycles. The standard InChI is InChI=1S/C8H8.2ClH.Zn/c1-2-8-6-4-3-5-7-8;;;/h2-7H,1H2;2*1H;/q;;;+2/p-2. The van der Waals surface area contributed by atoms with Crippen molar-refractivity contribution in [1.82, 2.24) is 0 Å². The van der Waals surface area contributed by atoms with Crippen molar-refractivity contribution in [2.45, 2.75) is 0 Å². The molecule has 0 bridgehead atoms. The molecule has 1 rings (SSSR count). The Hall–Kier alpha value is 0.163. The minimum absolute atomic E-state index is 0.931. The zero-order valence-electron chi connectivity index (χ0n) is 6.13. The molecule has 0 aliphatic rings. The average molecular weight is 240 g/mol. The van der Waals surface area contributed by atoms with Crippen LogP contribution in [0.15, 0.2) is 36.9 Å². The Bertz CT molecular complexity index is 187. The van der Waals surface area contributed by atoms with Crippen LogP contribution in [0.25, 0.3) is 6.08 Å². The van der Waals surface area contributed by atoms with Crippen molar-refractivity contribution in [2.75, 3.05) is 0 Å². The summed E-state index contributed by atoms with van der Waals surface area (Å²) in [5.41, 5.74) is 1.17. The van der Waals surface area contributed by atoms with Crippen LogP contribution in [0.3, 0.4) is 0 Å². The topological polar surface area (TPSA) is 0 Å². The zero-order valence-corrected chi connectivity index (χ0v) is 10.6. The SMILES string of the molecule is C=Cc1ccccc1.[Cl][Zn][Cl]. The van der Waals surface area contributed by atoms with E-state index in [0.29, 0.717) is 0 Å². The Balaban J connectivity index is 0.000000292. The van der Waals surface area contributed by atoms with Crippen LogP contribution in [0.2, 0.25) is 0 Å². The number of halogens is 2. The van der Waals surface area contributed by atoms with Crippen LogP contribution in [-0.2, 0) is 15.1 Å². The van der Waals surface area contributed by atoms with Gasteiger partial charge in [-0.3, -0.25) is 0 Å². The van der Waals surface area contributed by atoms with Gasteiger partial charge in [-0.1, -0.05) is 43.0 Å². The minimum atomic E-state index is -0.931. The van der Waals surface area contributed by atoms with Crippen LogP contribution in [-0.4, -0.2) is 0 Å². The third kappa shape index (κ3) is 6.56. The number of hydrogen-bond donors (Lipinski definition) is 0. The van der Waals surface area contributed by atoms with Gasteiger partial charge in [-0.15, -0.1) is 0 Å². The first kappa shape index (κ1) is 11.2. The second-order valence-electron chi connectivity index (χ2n) is 1.72. The van der Waals surface area contributed by atoms with E-state index in [4.69, 9.17) is 19.4 Å². The van der Waals surface area contributed by atoms with Gasteiger partial charge < -0.3 is 0 Å². The molecule has 0 saturated heterocycles. The molecule has 0 unspecified atom stereocenters. The Morgan fingerprint density at radius 2 is 1.64 bits per heavy atom. The van der Waals surface area contributed by atoms with E-state index in [1.54, 1.807) is 0 Å². The third-order valence-electron chi connectivity index (χ3n) is 1.04. The zero-order chi connectivity index (χ0) is 8.53. The van der Waals surface area contributed by atoms with E-state index in [0.717, 1.165) is 0 Å². The Morgan fingerprint density at radius 1 is 1.18 bits per heavy atom. The maximum absolute atomic E-state index is 4.95. The molecule has 0 atom stereocenters. The molecule has 0 fully saturated rings. The van der Waals surface area contributed by atoms with Crippen molar-refractivity contribution in [2.24, 2.45) is 0 Å². The van der Waals surface area contributed by atoms with Gasteiger partial charge in [-0.25, -0.2) is 0 Å². The van der Waals surface area contributed by atoms with E-state index in [1.165, 1.54) is 5.56 Å². The molecule has 56 valence electrons. The summed E-state index contributed by atoms with van der Waals surface area (Å²) in [5, 5.41) is 0. The first-order valence-corrected chi connectivity index (χ1v) is 10.9. The summed E-state index contributed by atoms with van der Waals surface area (Å²) in [6.45, 7) is 3.63. The predicted molar refractivity (Wildman–Crippen MR) is 48.2 cm³/mol. The van der Waals surface area contributed by atoms with E-state index in [1.807, 2.05) is 36.4 Å². The van der Waals surface area contributed by atoms with Crippen molar-refractivity contribution >= 4 is 25.5 Å². The summed E-state index contributed by atoms with van der Waals surface area (Å²) in [4.78, 5) is 0. The van der Waals surface area contributed by atoms with Gasteiger partial charge in [0.15, 0.2) is 0 Å². The molecule has 0 nitrogen and oxygen atoms in total. The van der Waals surface area contributed by atoms with Crippen LogP contribution < -0.4 is 0 Å². The fourth-order valence-electron chi connectivity index (χ4n) is 0.589. The normalized spacial score (nSPS) is 7.09. The van der Waals surface area contributed by atoms with Gasteiger partial charge >= 0.3 is 34.5 Å².